The molecule has 1 aliphatic heterocycles. The van der Waals surface area contributed by atoms with Gasteiger partial charge < -0.3 is 43.4 Å². The van der Waals surface area contributed by atoms with Crippen LogP contribution in [-0.2, 0) is 33.2 Å². The van der Waals surface area contributed by atoms with Crippen LogP contribution < -0.4 is 0 Å². The normalized spacial score (nSPS) is 20.7. The molecule has 0 radical (unpaired) electrons. The molecule has 0 amide bonds. The van der Waals surface area contributed by atoms with E-state index in [1.807, 2.05) is 0 Å². The van der Waals surface area contributed by atoms with E-state index in [1.165, 1.54) is 95.6 Å². The second-order valence-corrected chi connectivity index (χ2v) is 13.5. The summed E-state index contributed by atoms with van der Waals surface area (Å²) in [7, 11) is 0. The van der Waals surface area contributed by atoms with Gasteiger partial charge in [-0.1, -0.05) is 148 Å². The fraction of sp³-hybridized carbons (Fsp3) is 0.850. The largest absolute Gasteiger partial charge is 0.509 e. The molecular weight excluding hydrogens is 656 g/mol. The molecule has 1 fully saturated rings. The molecule has 0 aromatic carbocycles. The first-order valence-electron chi connectivity index (χ1n) is 20.0. The zero-order chi connectivity index (χ0) is 37.4. The van der Waals surface area contributed by atoms with E-state index >= 15 is 0 Å². The van der Waals surface area contributed by atoms with Crippen molar-refractivity contribution in [3.8, 4) is 0 Å². The van der Waals surface area contributed by atoms with Crippen LogP contribution in [0, 0.1) is 0 Å². The highest BCUT2D eigenvalue weighted by Gasteiger charge is 2.49. The average Bonchev–Trinajstić information content (AvgIpc) is 3.12. The second-order valence-electron chi connectivity index (χ2n) is 13.5. The van der Waals surface area contributed by atoms with Crippen LogP contribution in [0.25, 0.3) is 0 Å². The molecule has 6 atom stereocenters. The molecule has 11 heteroatoms. The summed E-state index contributed by atoms with van der Waals surface area (Å²) < 4.78 is 39.3. The lowest BCUT2D eigenvalue weighted by Crippen LogP contribution is -2.61. The average molecular weight is 729 g/mol. The van der Waals surface area contributed by atoms with Crippen molar-refractivity contribution in [3.05, 3.63) is 25.3 Å². The van der Waals surface area contributed by atoms with Gasteiger partial charge in [0, 0.05) is 13.0 Å². The first-order chi connectivity index (χ1) is 24.9. The predicted molar refractivity (Wildman–Crippen MR) is 199 cm³/mol. The van der Waals surface area contributed by atoms with Crippen LogP contribution in [0.5, 0.6) is 0 Å². The summed E-state index contributed by atoms with van der Waals surface area (Å²) in [5, 5.41) is 21.0. The highest BCUT2D eigenvalue weighted by molar-refractivity contribution is 5.60. The highest BCUT2D eigenvalue weighted by atomic mass is 16.8. The quantitative estimate of drug-likeness (QED) is 0.0380. The van der Waals surface area contributed by atoms with Crippen LogP contribution in [0.2, 0.25) is 0 Å². The molecule has 0 aliphatic carbocycles. The SMILES string of the molecule is C=CCOC(=O)O[C@H](CCCCCCCCCCC)CCO[C@@H]1[C@@H](OCCCCCCCCCCCC)[C@H](OC(=O)OCC=C)[C@@H](CO)O[C@@H]1O. The van der Waals surface area contributed by atoms with Gasteiger partial charge in [0.2, 0.25) is 0 Å². The highest BCUT2D eigenvalue weighted by Crippen LogP contribution is 2.28. The summed E-state index contributed by atoms with van der Waals surface area (Å²) in [5.74, 6) is 0. The first-order valence-corrected chi connectivity index (χ1v) is 20.0. The van der Waals surface area contributed by atoms with Gasteiger partial charge in [-0.3, -0.25) is 0 Å². The Morgan fingerprint density at radius 2 is 1.14 bits per heavy atom. The van der Waals surface area contributed by atoms with E-state index in [-0.39, 0.29) is 19.8 Å². The van der Waals surface area contributed by atoms with Gasteiger partial charge in [0.15, 0.2) is 12.4 Å². The maximum Gasteiger partial charge on any atom is 0.509 e. The number of unbranched alkanes of at least 4 members (excludes halogenated alkanes) is 17. The molecule has 0 spiro atoms. The Morgan fingerprint density at radius 1 is 0.647 bits per heavy atom. The minimum atomic E-state index is -1.46. The van der Waals surface area contributed by atoms with Crippen molar-refractivity contribution in [2.24, 2.45) is 0 Å². The van der Waals surface area contributed by atoms with E-state index in [4.69, 9.17) is 33.2 Å². The number of carbonyl (C=O) groups excluding carboxylic acids is 2. The maximum absolute atomic E-state index is 12.5. The standard InChI is InChI=1S/C40H72O11/c1-5-9-11-13-15-17-19-21-23-25-30-45-36-35(51-40(44)48-29-8-4)34(32-41)50-38(42)37(36)46-31-27-33(49-39(43)47-28-7-3)26-24-22-20-18-16-14-12-10-6-2/h7-8,33-38,41-42H,3-6,9-32H2,1-2H3/t33-,34-,35-,36+,37-,38+/m1/s1. The van der Waals surface area contributed by atoms with E-state index in [2.05, 4.69) is 27.0 Å². The molecule has 51 heavy (non-hydrogen) atoms. The van der Waals surface area contributed by atoms with Crippen molar-refractivity contribution in [2.75, 3.05) is 33.0 Å². The number of hydrogen-bond acceptors (Lipinski definition) is 11. The monoisotopic (exact) mass is 729 g/mol. The van der Waals surface area contributed by atoms with Crippen LogP contribution in [0.15, 0.2) is 25.3 Å². The Hall–Kier alpha value is -2.18. The molecule has 1 saturated heterocycles. The summed E-state index contributed by atoms with van der Waals surface area (Å²) in [6, 6.07) is 0. The Morgan fingerprint density at radius 3 is 1.67 bits per heavy atom. The Labute approximate surface area is 308 Å². The van der Waals surface area contributed by atoms with Gasteiger partial charge in [-0.2, -0.15) is 0 Å². The summed E-state index contributed by atoms with van der Waals surface area (Å²) in [5.41, 5.74) is 0. The van der Waals surface area contributed by atoms with Crippen molar-refractivity contribution >= 4 is 12.3 Å². The molecule has 298 valence electrons. The Kier molecular flexibility index (Phi) is 29.8. The number of carbonyl (C=O) groups is 2. The second kappa shape index (κ2) is 32.5. The van der Waals surface area contributed by atoms with Crippen LogP contribution >= 0.6 is 0 Å². The Bertz CT molecular complexity index is 869. The van der Waals surface area contributed by atoms with Crippen LogP contribution in [0.1, 0.15) is 149 Å². The zero-order valence-corrected chi connectivity index (χ0v) is 32.0. The summed E-state index contributed by atoms with van der Waals surface area (Å²) >= 11 is 0. The van der Waals surface area contributed by atoms with E-state index in [1.54, 1.807) is 0 Å². The first kappa shape index (κ1) is 46.8. The van der Waals surface area contributed by atoms with Crippen molar-refractivity contribution in [3.63, 3.8) is 0 Å². The number of rotatable bonds is 33. The predicted octanol–water partition coefficient (Wildman–Crippen LogP) is 9.11. The third kappa shape index (κ3) is 23.2. The van der Waals surface area contributed by atoms with Gasteiger partial charge in [-0.05, 0) is 19.3 Å². The molecule has 0 unspecified atom stereocenters. The van der Waals surface area contributed by atoms with E-state index in [9.17, 15) is 19.8 Å². The number of aliphatic hydroxyl groups is 2. The zero-order valence-electron chi connectivity index (χ0n) is 32.0. The maximum atomic E-state index is 12.5. The van der Waals surface area contributed by atoms with E-state index < -0.39 is 55.7 Å². The number of ether oxygens (including phenoxy) is 7. The fourth-order valence-corrected chi connectivity index (χ4v) is 6.21. The molecule has 0 aromatic heterocycles. The van der Waals surface area contributed by atoms with Crippen LogP contribution in [-0.4, -0.2) is 92.4 Å². The molecule has 0 aromatic rings. The lowest BCUT2D eigenvalue weighted by atomic mass is 9.98. The molecule has 1 heterocycles. The molecule has 2 N–H and O–H groups in total. The van der Waals surface area contributed by atoms with Gasteiger partial charge >= 0.3 is 12.3 Å². The molecule has 0 bridgehead atoms. The van der Waals surface area contributed by atoms with Crippen molar-refractivity contribution in [1.82, 2.24) is 0 Å². The smallest absolute Gasteiger partial charge is 0.431 e. The van der Waals surface area contributed by atoms with Crippen molar-refractivity contribution < 1.29 is 53.0 Å². The lowest BCUT2D eigenvalue weighted by molar-refractivity contribution is -0.305. The Balaban J connectivity index is 2.82. The van der Waals surface area contributed by atoms with Gasteiger partial charge in [-0.15, -0.1) is 0 Å². The fourth-order valence-electron chi connectivity index (χ4n) is 6.21. The summed E-state index contributed by atoms with van der Waals surface area (Å²) in [4.78, 5) is 24.8. The number of hydrogen-bond donors (Lipinski definition) is 2. The third-order valence-corrected chi connectivity index (χ3v) is 9.11. The topological polar surface area (TPSA) is 139 Å². The van der Waals surface area contributed by atoms with Crippen molar-refractivity contribution in [1.29, 1.82) is 0 Å². The molecule has 1 rings (SSSR count). The third-order valence-electron chi connectivity index (χ3n) is 9.11. The van der Waals surface area contributed by atoms with E-state index in [0.717, 1.165) is 38.5 Å². The molecular formula is C40H72O11. The van der Waals surface area contributed by atoms with Gasteiger partial charge in [-0.25, -0.2) is 9.59 Å². The van der Waals surface area contributed by atoms with E-state index in [0.29, 0.717) is 19.4 Å². The van der Waals surface area contributed by atoms with Crippen molar-refractivity contribution in [2.45, 2.75) is 185 Å². The van der Waals surface area contributed by atoms with Gasteiger partial charge in [0.1, 0.15) is 37.6 Å². The molecule has 0 saturated carbocycles. The van der Waals surface area contributed by atoms with Crippen LogP contribution in [0.3, 0.4) is 0 Å². The summed E-state index contributed by atoms with van der Waals surface area (Å²) in [6.07, 6.45) is 18.2. The van der Waals surface area contributed by atoms with Gasteiger partial charge in [0.25, 0.3) is 0 Å². The molecule has 1 aliphatic rings. The lowest BCUT2D eigenvalue weighted by Gasteiger charge is -2.43. The minimum Gasteiger partial charge on any atom is -0.431 e. The summed E-state index contributed by atoms with van der Waals surface area (Å²) in [6.45, 7) is 11.5. The van der Waals surface area contributed by atoms with Crippen LogP contribution in [0.4, 0.5) is 9.59 Å². The minimum absolute atomic E-state index is 0.0480. The van der Waals surface area contributed by atoms with Gasteiger partial charge in [0.05, 0.1) is 13.2 Å². The number of aliphatic hydroxyl groups excluding tert-OH is 2. The molecule has 11 nitrogen and oxygen atoms in total.